The van der Waals surface area contributed by atoms with E-state index in [0.717, 1.165) is 17.1 Å². The van der Waals surface area contributed by atoms with E-state index in [2.05, 4.69) is 26.5 Å². The van der Waals surface area contributed by atoms with E-state index in [1.165, 1.54) is 4.90 Å². The summed E-state index contributed by atoms with van der Waals surface area (Å²) in [5.74, 6) is -0.682. The van der Waals surface area contributed by atoms with Crippen LogP contribution < -0.4 is 5.32 Å². The van der Waals surface area contributed by atoms with E-state index in [0.29, 0.717) is 12.1 Å². The van der Waals surface area contributed by atoms with Gasteiger partial charge < -0.3 is 10.2 Å². The van der Waals surface area contributed by atoms with Gasteiger partial charge in [-0.05, 0) is 34.8 Å². The van der Waals surface area contributed by atoms with Gasteiger partial charge in [-0.2, -0.15) is 0 Å². The molecule has 28 heavy (non-hydrogen) atoms. The number of hydrogen-bond acceptors (Lipinski definition) is 6. The molecule has 2 amide bonds. The van der Waals surface area contributed by atoms with Crippen molar-refractivity contribution < 1.29 is 9.59 Å². The van der Waals surface area contributed by atoms with Crippen LogP contribution in [0, 0.1) is 0 Å². The molecule has 1 unspecified atom stereocenters. The number of aromatic nitrogens is 3. The van der Waals surface area contributed by atoms with Crippen molar-refractivity contribution in [3.8, 4) is 0 Å². The van der Waals surface area contributed by atoms with Gasteiger partial charge in [-0.1, -0.05) is 40.9 Å². The minimum absolute atomic E-state index is 0.183. The zero-order valence-electron chi connectivity index (χ0n) is 15.1. The molecular weight excluding hydrogens is 374 g/mol. The van der Waals surface area contributed by atoms with Crippen LogP contribution in [0.4, 0.5) is 0 Å². The summed E-state index contributed by atoms with van der Waals surface area (Å²) in [5, 5.41) is 8.32. The highest BCUT2D eigenvalue weighted by molar-refractivity contribution is 7.03. The number of rotatable bonds is 8. The van der Waals surface area contributed by atoms with Gasteiger partial charge in [-0.25, -0.2) is 0 Å². The van der Waals surface area contributed by atoms with Gasteiger partial charge in [0.1, 0.15) is 6.04 Å². The Morgan fingerprint density at radius 3 is 2.57 bits per heavy atom. The second-order valence-electron chi connectivity index (χ2n) is 5.92. The summed E-state index contributed by atoms with van der Waals surface area (Å²) in [7, 11) is 0. The number of amides is 2. The molecule has 0 fully saturated rings. The first-order valence-corrected chi connectivity index (χ1v) is 9.45. The van der Waals surface area contributed by atoms with Gasteiger partial charge in [-0.3, -0.25) is 14.6 Å². The van der Waals surface area contributed by atoms with E-state index in [9.17, 15) is 9.59 Å². The van der Waals surface area contributed by atoms with E-state index in [4.69, 9.17) is 0 Å². The summed E-state index contributed by atoms with van der Waals surface area (Å²) in [6.07, 6.45) is 4.76. The maximum atomic E-state index is 13.1. The monoisotopic (exact) mass is 393 g/mol. The molecule has 7 nitrogen and oxygen atoms in total. The van der Waals surface area contributed by atoms with Crippen LogP contribution in [0.2, 0.25) is 0 Å². The molecule has 0 spiro atoms. The van der Waals surface area contributed by atoms with Crippen LogP contribution in [0.15, 0.2) is 72.9 Å². The van der Waals surface area contributed by atoms with Gasteiger partial charge in [0.05, 0.1) is 0 Å². The molecule has 0 bridgehead atoms. The molecule has 0 saturated heterocycles. The third kappa shape index (κ3) is 4.66. The maximum absolute atomic E-state index is 13.1. The number of pyridine rings is 1. The van der Waals surface area contributed by atoms with Gasteiger partial charge in [0, 0.05) is 30.9 Å². The lowest BCUT2D eigenvalue weighted by molar-refractivity contribution is -0.126. The maximum Gasteiger partial charge on any atom is 0.276 e. The van der Waals surface area contributed by atoms with Crippen LogP contribution in [0.1, 0.15) is 27.7 Å². The average molecular weight is 393 g/mol. The molecule has 142 valence electrons. The molecular formula is C20H19N5O2S. The zero-order valence-corrected chi connectivity index (χ0v) is 15.9. The predicted octanol–water partition coefficient (Wildman–Crippen LogP) is 2.62. The SMILES string of the molecule is C=CCN(C(=O)c1csnn1)C(C(=O)NCc1ccccc1)c1ccncc1. The first-order valence-electron chi connectivity index (χ1n) is 8.61. The Morgan fingerprint density at radius 1 is 1.18 bits per heavy atom. The van der Waals surface area contributed by atoms with Gasteiger partial charge in [-0.15, -0.1) is 11.7 Å². The van der Waals surface area contributed by atoms with Crippen molar-refractivity contribution in [3.05, 3.63) is 89.7 Å². The molecule has 0 aliphatic rings. The summed E-state index contributed by atoms with van der Waals surface area (Å²) in [5.41, 5.74) is 1.82. The Hall–Kier alpha value is -3.39. The van der Waals surface area contributed by atoms with Crippen molar-refractivity contribution in [2.45, 2.75) is 12.6 Å². The van der Waals surface area contributed by atoms with Crippen LogP contribution in [-0.2, 0) is 11.3 Å². The normalized spacial score (nSPS) is 11.4. The van der Waals surface area contributed by atoms with E-state index in [1.54, 1.807) is 36.0 Å². The van der Waals surface area contributed by atoms with Gasteiger partial charge in [0.15, 0.2) is 5.69 Å². The molecule has 0 saturated carbocycles. The number of carbonyl (C=O) groups is 2. The van der Waals surface area contributed by atoms with Crippen molar-refractivity contribution >= 4 is 23.3 Å². The fourth-order valence-corrected chi connectivity index (χ4v) is 3.18. The van der Waals surface area contributed by atoms with E-state index < -0.39 is 6.04 Å². The first kappa shape index (κ1) is 19.4. The highest BCUT2D eigenvalue weighted by Gasteiger charge is 2.32. The van der Waals surface area contributed by atoms with Gasteiger partial charge in [0.2, 0.25) is 5.91 Å². The lowest BCUT2D eigenvalue weighted by atomic mass is 10.0. The number of carbonyl (C=O) groups excluding carboxylic acids is 2. The molecule has 0 aliphatic carbocycles. The van der Waals surface area contributed by atoms with Crippen molar-refractivity contribution in [1.29, 1.82) is 0 Å². The highest BCUT2D eigenvalue weighted by atomic mass is 32.1. The van der Waals surface area contributed by atoms with E-state index in [1.807, 2.05) is 30.3 Å². The summed E-state index contributed by atoms with van der Waals surface area (Å²) < 4.78 is 3.75. The summed E-state index contributed by atoms with van der Waals surface area (Å²) in [6.45, 7) is 4.26. The average Bonchev–Trinajstić information content (AvgIpc) is 3.28. The lowest BCUT2D eigenvalue weighted by Gasteiger charge is -2.29. The Labute approximate surface area is 166 Å². The third-order valence-corrected chi connectivity index (χ3v) is 4.56. The van der Waals surface area contributed by atoms with Gasteiger partial charge >= 0.3 is 0 Å². The summed E-state index contributed by atoms with van der Waals surface area (Å²) in [6, 6.07) is 12.2. The van der Waals surface area contributed by atoms with Crippen molar-refractivity contribution in [2.24, 2.45) is 0 Å². The van der Waals surface area contributed by atoms with Crippen LogP contribution in [0.3, 0.4) is 0 Å². The minimum atomic E-state index is -0.848. The molecule has 8 heteroatoms. The Kier molecular flexibility index (Phi) is 6.59. The van der Waals surface area contributed by atoms with Crippen LogP contribution in [-0.4, -0.2) is 37.8 Å². The quantitative estimate of drug-likeness (QED) is 0.595. The highest BCUT2D eigenvalue weighted by Crippen LogP contribution is 2.23. The molecule has 0 radical (unpaired) electrons. The first-order chi connectivity index (χ1) is 13.7. The van der Waals surface area contributed by atoms with Crippen LogP contribution >= 0.6 is 11.5 Å². The Morgan fingerprint density at radius 2 is 1.93 bits per heavy atom. The Balaban J connectivity index is 1.89. The standard InChI is InChI=1S/C20H19N5O2S/c1-2-12-25(20(27)17-14-28-24-23-17)18(16-8-10-21-11-9-16)19(26)22-13-15-6-4-3-5-7-15/h2-11,14,18H,1,12-13H2,(H,22,26). The number of hydrogen-bond donors (Lipinski definition) is 1. The topological polar surface area (TPSA) is 88.1 Å². The fourth-order valence-electron chi connectivity index (χ4n) is 2.75. The summed E-state index contributed by atoms with van der Waals surface area (Å²) >= 11 is 1.08. The molecule has 1 aromatic carbocycles. The second-order valence-corrected chi connectivity index (χ2v) is 6.53. The molecule has 3 rings (SSSR count). The number of nitrogens with one attached hydrogen (secondary N) is 1. The fraction of sp³-hybridized carbons (Fsp3) is 0.150. The zero-order chi connectivity index (χ0) is 19.8. The van der Waals surface area contributed by atoms with Gasteiger partial charge in [0.25, 0.3) is 5.91 Å². The Bertz CT molecular complexity index is 916. The van der Waals surface area contributed by atoms with Crippen molar-refractivity contribution in [2.75, 3.05) is 6.54 Å². The second kappa shape index (κ2) is 9.52. The van der Waals surface area contributed by atoms with Crippen LogP contribution in [0.25, 0.3) is 0 Å². The van der Waals surface area contributed by atoms with Crippen molar-refractivity contribution in [1.82, 2.24) is 24.8 Å². The molecule has 2 heterocycles. The lowest BCUT2D eigenvalue weighted by Crippen LogP contribution is -2.43. The number of nitrogens with zero attached hydrogens (tertiary/aromatic N) is 4. The third-order valence-electron chi connectivity index (χ3n) is 4.06. The number of benzene rings is 1. The smallest absolute Gasteiger partial charge is 0.276 e. The predicted molar refractivity (Wildman–Crippen MR) is 106 cm³/mol. The molecule has 1 N–H and O–H groups in total. The van der Waals surface area contributed by atoms with E-state index >= 15 is 0 Å². The molecule has 3 aromatic rings. The van der Waals surface area contributed by atoms with Crippen LogP contribution in [0.5, 0.6) is 0 Å². The van der Waals surface area contributed by atoms with Crippen molar-refractivity contribution in [3.63, 3.8) is 0 Å². The summed E-state index contributed by atoms with van der Waals surface area (Å²) in [4.78, 5) is 31.5. The molecule has 1 atom stereocenters. The largest absolute Gasteiger partial charge is 0.350 e. The minimum Gasteiger partial charge on any atom is -0.350 e. The van der Waals surface area contributed by atoms with E-state index in [-0.39, 0.29) is 24.1 Å². The molecule has 2 aromatic heterocycles. The molecule has 0 aliphatic heterocycles.